The third-order valence-electron chi connectivity index (χ3n) is 3.01. The second kappa shape index (κ2) is 10.2. The molecule has 12 heteroatoms. The molecule has 0 heterocycles. The van der Waals surface area contributed by atoms with Gasteiger partial charge in [0.1, 0.15) is 18.1 Å². The summed E-state index contributed by atoms with van der Waals surface area (Å²) < 4.78 is 0. The van der Waals surface area contributed by atoms with Gasteiger partial charge in [-0.05, 0) is 13.8 Å². The number of amides is 3. The summed E-state index contributed by atoms with van der Waals surface area (Å²) in [7, 11) is 0. The normalized spacial score (nSPS) is 15.2. The molecule has 0 fully saturated rings. The molecule has 0 saturated heterocycles. The number of carboxylic acid groups (broad SMARTS) is 2. The highest BCUT2D eigenvalue weighted by atomic mass is 16.4. The third kappa shape index (κ3) is 8.62. The lowest BCUT2D eigenvalue weighted by molar-refractivity contribution is -0.142. The standard InChI is InChI=1S/C13H22N4O8/c1-5(13(24)25)16-8(19)4-15-11(22)7(3-9(20)21)17-12(23)10(14)6(2)18/h5-7,10,18H,3-4,14H2,1-2H3,(H,15,22)(H,16,19)(H,17,23)(H,20,21)(H,24,25). The molecular weight excluding hydrogens is 340 g/mol. The Morgan fingerprint density at radius 1 is 1.00 bits per heavy atom. The van der Waals surface area contributed by atoms with E-state index in [1.165, 1.54) is 13.8 Å². The van der Waals surface area contributed by atoms with Crippen LogP contribution in [0.4, 0.5) is 0 Å². The Hall–Kier alpha value is -2.73. The van der Waals surface area contributed by atoms with Gasteiger partial charge in [-0.3, -0.25) is 24.0 Å². The molecule has 0 aliphatic heterocycles. The summed E-state index contributed by atoms with van der Waals surface area (Å²) in [6.07, 6.45) is -2.01. The Balaban J connectivity index is 4.74. The zero-order valence-corrected chi connectivity index (χ0v) is 13.7. The van der Waals surface area contributed by atoms with Crippen LogP contribution in [0.1, 0.15) is 20.3 Å². The summed E-state index contributed by atoms with van der Waals surface area (Å²) in [5, 5.41) is 32.9. The number of nitrogens with two attached hydrogens (primary N) is 1. The van der Waals surface area contributed by atoms with Crippen LogP contribution in [0.15, 0.2) is 0 Å². The molecule has 12 nitrogen and oxygen atoms in total. The molecule has 142 valence electrons. The topological polar surface area (TPSA) is 208 Å². The predicted octanol–water partition coefficient (Wildman–Crippen LogP) is -3.64. The van der Waals surface area contributed by atoms with Gasteiger partial charge in [0.15, 0.2) is 0 Å². The molecule has 0 aliphatic rings. The van der Waals surface area contributed by atoms with Crippen molar-refractivity contribution in [3.8, 4) is 0 Å². The van der Waals surface area contributed by atoms with Crippen LogP contribution in [0.5, 0.6) is 0 Å². The lowest BCUT2D eigenvalue weighted by Gasteiger charge is -2.20. The van der Waals surface area contributed by atoms with Gasteiger partial charge in [-0.2, -0.15) is 0 Å². The summed E-state index contributed by atoms with van der Waals surface area (Å²) in [5.41, 5.74) is 5.38. The number of carbonyl (C=O) groups excluding carboxylic acids is 3. The zero-order chi connectivity index (χ0) is 19.7. The Morgan fingerprint density at radius 2 is 1.56 bits per heavy atom. The van der Waals surface area contributed by atoms with E-state index in [-0.39, 0.29) is 0 Å². The number of aliphatic hydroxyl groups is 1. The maximum atomic E-state index is 11.9. The molecule has 0 spiro atoms. The second-order valence-corrected chi connectivity index (χ2v) is 5.27. The molecule has 0 rings (SSSR count). The molecule has 4 atom stereocenters. The van der Waals surface area contributed by atoms with Crippen molar-refractivity contribution in [1.82, 2.24) is 16.0 Å². The minimum Gasteiger partial charge on any atom is -0.481 e. The highest BCUT2D eigenvalue weighted by Crippen LogP contribution is 1.96. The maximum absolute atomic E-state index is 11.9. The van der Waals surface area contributed by atoms with Gasteiger partial charge < -0.3 is 37.0 Å². The van der Waals surface area contributed by atoms with Crippen molar-refractivity contribution in [2.45, 2.75) is 44.5 Å². The van der Waals surface area contributed by atoms with E-state index in [0.29, 0.717) is 0 Å². The molecule has 3 amide bonds. The van der Waals surface area contributed by atoms with Crippen molar-refractivity contribution in [2.24, 2.45) is 5.73 Å². The van der Waals surface area contributed by atoms with E-state index in [9.17, 15) is 29.1 Å². The van der Waals surface area contributed by atoms with E-state index in [1.807, 2.05) is 0 Å². The van der Waals surface area contributed by atoms with Crippen molar-refractivity contribution >= 4 is 29.7 Å². The van der Waals surface area contributed by atoms with Crippen molar-refractivity contribution in [1.29, 1.82) is 0 Å². The average Bonchev–Trinajstić information content (AvgIpc) is 2.50. The van der Waals surface area contributed by atoms with Crippen molar-refractivity contribution < 1.29 is 39.3 Å². The molecule has 0 aromatic rings. The van der Waals surface area contributed by atoms with Gasteiger partial charge in [-0.1, -0.05) is 0 Å². The summed E-state index contributed by atoms with van der Waals surface area (Å²) in [6.45, 7) is 1.84. The lowest BCUT2D eigenvalue weighted by atomic mass is 10.1. The van der Waals surface area contributed by atoms with Crippen molar-refractivity contribution in [2.75, 3.05) is 6.54 Å². The van der Waals surface area contributed by atoms with Crippen LogP contribution in [0.2, 0.25) is 0 Å². The Labute approximate surface area is 142 Å². The van der Waals surface area contributed by atoms with Gasteiger partial charge in [0.2, 0.25) is 17.7 Å². The first kappa shape index (κ1) is 22.3. The van der Waals surface area contributed by atoms with E-state index < -0.39 is 66.9 Å². The largest absolute Gasteiger partial charge is 0.481 e. The molecule has 4 unspecified atom stereocenters. The quantitative estimate of drug-likeness (QED) is 0.204. The number of carboxylic acids is 2. The van der Waals surface area contributed by atoms with Gasteiger partial charge in [0.25, 0.3) is 0 Å². The summed E-state index contributed by atoms with van der Waals surface area (Å²) in [4.78, 5) is 56.5. The highest BCUT2D eigenvalue weighted by molar-refractivity contribution is 5.94. The van der Waals surface area contributed by atoms with Crippen LogP contribution in [-0.2, 0) is 24.0 Å². The molecule has 0 saturated carbocycles. The average molecular weight is 362 g/mol. The second-order valence-electron chi connectivity index (χ2n) is 5.27. The minimum atomic E-state index is -1.53. The van der Waals surface area contributed by atoms with Crippen LogP contribution < -0.4 is 21.7 Å². The first-order chi connectivity index (χ1) is 11.5. The minimum absolute atomic E-state index is 0.620. The monoisotopic (exact) mass is 362 g/mol. The first-order valence-electron chi connectivity index (χ1n) is 7.21. The maximum Gasteiger partial charge on any atom is 0.325 e. The third-order valence-corrected chi connectivity index (χ3v) is 3.01. The molecular formula is C13H22N4O8. The summed E-state index contributed by atoms with van der Waals surface area (Å²) >= 11 is 0. The van der Waals surface area contributed by atoms with Gasteiger partial charge in [0.05, 0.1) is 19.1 Å². The fourth-order valence-electron chi connectivity index (χ4n) is 1.52. The number of aliphatic carboxylic acids is 2. The summed E-state index contributed by atoms with van der Waals surface area (Å²) in [5.74, 6) is -5.41. The van der Waals surface area contributed by atoms with E-state index in [0.717, 1.165) is 0 Å². The highest BCUT2D eigenvalue weighted by Gasteiger charge is 2.28. The molecule has 0 aromatic heterocycles. The van der Waals surface area contributed by atoms with E-state index >= 15 is 0 Å². The lowest BCUT2D eigenvalue weighted by Crippen LogP contribution is -2.55. The number of hydrogen-bond donors (Lipinski definition) is 7. The molecule has 0 bridgehead atoms. The van der Waals surface area contributed by atoms with E-state index in [2.05, 4.69) is 16.0 Å². The Kier molecular flexibility index (Phi) is 9.09. The number of aliphatic hydroxyl groups excluding tert-OH is 1. The van der Waals surface area contributed by atoms with Crippen LogP contribution in [0.3, 0.4) is 0 Å². The number of rotatable bonds is 10. The Bertz CT molecular complexity index is 536. The smallest absolute Gasteiger partial charge is 0.325 e. The van der Waals surface area contributed by atoms with Gasteiger partial charge in [-0.15, -0.1) is 0 Å². The van der Waals surface area contributed by atoms with Crippen LogP contribution in [0.25, 0.3) is 0 Å². The van der Waals surface area contributed by atoms with Crippen molar-refractivity contribution in [3.63, 3.8) is 0 Å². The van der Waals surface area contributed by atoms with E-state index in [4.69, 9.17) is 15.9 Å². The van der Waals surface area contributed by atoms with Gasteiger partial charge in [0, 0.05) is 0 Å². The van der Waals surface area contributed by atoms with E-state index in [1.54, 1.807) is 0 Å². The van der Waals surface area contributed by atoms with Crippen LogP contribution in [-0.4, -0.2) is 75.8 Å². The molecule has 0 aromatic carbocycles. The summed E-state index contributed by atoms with van der Waals surface area (Å²) in [6, 6.07) is -4.08. The molecule has 0 aliphatic carbocycles. The predicted molar refractivity (Wildman–Crippen MR) is 82.1 cm³/mol. The number of hydrogen-bond acceptors (Lipinski definition) is 7. The molecule has 25 heavy (non-hydrogen) atoms. The number of carbonyl (C=O) groups is 5. The molecule has 8 N–H and O–H groups in total. The van der Waals surface area contributed by atoms with Crippen LogP contribution in [0, 0.1) is 0 Å². The van der Waals surface area contributed by atoms with Crippen molar-refractivity contribution in [3.05, 3.63) is 0 Å². The Morgan fingerprint density at radius 3 is 2.00 bits per heavy atom. The number of nitrogens with one attached hydrogen (secondary N) is 3. The van der Waals surface area contributed by atoms with Crippen LogP contribution >= 0.6 is 0 Å². The van der Waals surface area contributed by atoms with Gasteiger partial charge >= 0.3 is 11.9 Å². The molecule has 0 radical (unpaired) electrons. The fraction of sp³-hybridized carbons (Fsp3) is 0.615. The van der Waals surface area contributed by atoms with Gasteiger partial charge in [-0.25, -0.2) is 0 Å². The fourth-order valence-corrected chi connectivity index (χ4v) is 1.52. The SMILES string of the molecule is CC(NC(=O)CNC(=O)C(CC(=O)O)NC(=O)C(N)C(C)O)C(=O)O. The first-order valence-corrected chi connectivity index (χ1v) is 7.21. The zero-order valence-electron chi connectivity index (χ0n) is 13.7.